The molecule has 0 saturated carbocycles. The second kappa shape index (κ2) is 15.6. The molecule has 0 unspecified atom stereocenters. The molecule has 0 aromatic rings. The van der Waals surface area contributed by atoms with E-state index in [2.05, 4.69) is 10.9 Å². The summed E-state index contributed by atoms with van der Waals surface area (Å²) in [5, 5.41) is 0. The lowest BCUT2D eigenvalue weighted by Crippen LogP contribution is -2.19. The average molecular weight is 130 g/mol. The summed E-state index contributed by atoms with van der Waals surface area (Å²) in [5.74, 6) is 0. The third kappa shape index (κ3) is 11.2. The molecule has 0 aromatic heterocycles. The van der Waals surface area contributed by atoms with E-state index in [1.165, 1.54) is 0 Å². The van der Waals surface area contributed by atoms with E-state index in [0.29, 0.717) is 0 Å². The van der Waals surface area contributed by atoms with E-state index >= 15 is 0 Å². The largest absolute Gasteiger partial charge is 0.329 e. The molecule has 0 saturated heterocycles. The summed E-state index contributed by atoms with van der Waals surface area (Å²) < 4.78 is 0. The van der Waals surface area contributed by atoms with Crippen LogP contribution in [0.1, 0.15) is 27.7 Å². The van der Waals surface area contributed by atoms with E-state index < -0.39 is 0 Å². The van der Waals surface area contributed by atoms with Crippen LogP contribution in [0.15, 0.2) is 12.3 Å². The highest BCUT2D eigenvalue weighted by Crippen LogP contribution is 1.67. The molecule has 56 valence electrons. The lowest BCUT2D eigenvalue weighted by atomic mass is 10.7. The topological polar surface area (TPSA) is 24.1 Å². The van der Waals surface area contributed by atoms with Crippen molar-refractivity contribution in [3.63, 3.8) is 0 Å². The Morgan fingerprint density at radius 3 is 1.78 bits per heavy atom. The molecule has 0 aliphatic carbocycles. The van der Waals surface area contributed by atoms with Gasteiger partial charge in [-0.25, -0.2) is 5.43 Å². The van der Waals surface area contributed by atoms with E-state index in [1.54, 1.807) is 0 Å². The summed E-state index contributed by atoms with van der Waals surface area (Å²) in [6, 6.07) is 0. The second-order valence-corrected chi connectivity index (χ2v) is 0.928. The molecule has 0 aromatic carbocycles. The lowest BCUT2D eigenvalue weighted by Gasteiger charge is -1.83. The van der Waals surface area contributed by atoms with Gasteiger partial charge in [0.15, 0.2) is 0 Å². The minimum absolute atomic E-state index is 0.958. The SMILES string of the molecule is C1=CNNC1.CC.CC. The van der Waals surface area contributed by atoms with Crippen LogP contribution >= 0.6 is 0 Å². The summed E-state index contributed by atoms with van der Waals surface area (Å²) in [7, 11) is 0. The molecule has 2 heteroatoms. The smallest absolute Gasteiger partial charge is 0.0345 e. The van der Waals surface area contributed by atoms with Crippen molar-refractivity contribution in [1.82, 2.24) is 10.9 Å². The zero-order chi connectivity index (χ0) is 7.54. The molecule has 0 atom stereocenters. The van der Waals surface area contributed by atoms with E-state index in [9.17, 15) is 0 Å². The maximum absolute atomic E-state index is 2.86. The van der Waals surface area contributed by atoms with Crippen molar-refractivity contribution in [1.29, 1.82) is 0 Å². The maximum Gasteiger partial charge on any atom is 0.0345 e. The van der Waals surface area contributed by atoms with E-state index in [1.807, 2.05) is 40.0 Å². The van der Waals surface area contributed by atoms with Gasteiger partial charge in [0.25, 0.3) is 0 Å². The van der Waals surface area contributed by atoms with Crippen LogP contribution in [0, 0.1) is 0 Å². The van der Waals surface area contributed by atoms with Gasteiger partial charge >= 0.3 is 0 Å². The fourth-order valence-electron chi connectivity index (χ4n) is 0.295. The third-order valence-electron chi connectivity index (χ3n) is 0.523. The van der Waals surface area contributed by atoms with Gasteiger partial charge in [-0.3, -0.25) is 0 Å². The number of rotatable bonds is 0. The standard InChI is InChI=1S/C3H6N2.2C2H6/c1-2-4-5-3-1;2*1-2/h1-2,4-5H,3H2;2*1-2H3. The van der Waals surface area contributed by atoms with Crippen molar-refractivity contribution in [3.05, 3.63) is 12.3 Å². The van der Waals surface area contributed by atoms with E-state index in [-0.39, 0.29) is 0 Å². The van der Waals surface area contributed by atoms with Gasteiger partial charge in [0.1, 0.15) is 0 Å². The van der Waals surface area contributed by atoms with Gasteiger partial charge in [-0.2, -0.15) is 0 Å². The number of hydrogen-bond acceptors (Lipinski definition) is 2. The van der Waals surface area contributed by atoms with Crippen LogP contribution in [-0.4, -0.2) is 6.54 Å². The van der Waals surface area contributed by atoms with Gasteiger partial charge in [0.05, 0.1) is 0 Å². The normalized spacial score (nSPS) is 12.0. The van der Waals surface area contributed by atoms with Crippen molar-refractivity contribution in [2.24, 2.45) is 0 Å². The molecule has 0 amide bonds. The highest BCUT2D eigenvalue weighted by atomic mass is 15.4. The van der Waals surface area contributed by atoms with Crippen molar-refractivity contribution < 1.29 is 0 Å². The summed E-state index contributed by atoms with van der Waals surface area (Å²) >= 11 is 0. The molecule has 2 nitrogen and oxygen atoms in total. The molecule has 0 fully saturated rings. The molecule has 0 radical (unpaired) electrons. The summed E-state index contributed by atoms with van der Waals surface area (Å²) in [6.07, 6.45) is 3.89. The molecule has 0 bridgehead atoms. The van der Waals surface area contributed by atoms with Gasteiger partial charge in [-0.1, -0.05) is 33.8 Å². The summed E-state index contributed by atoms with van der Waals surface area (Å²) in [5.41, 5.74) is 5.65. The third-order valence-corrected chi connectivity index (χ3v) is 0.523. The minimum atomic E-state index is 0.958. The maximum atomic E-state index is 2.86. The predicted octanol–water partition coefficient (Wildman–Crippen LogP) is 1.66. The molecule has 1 rings (SSSR count). The monoisotopic (exact) mass is 130 g/mol. The van der Waals surface area contributed by atoms with Gasteiger partial charge in [0.2, 0.25) is 0 Å². The van der Waals surface area contributed by atoms with Crippen molar-refractivity contribution in [3.8, 4) is 0 Å². The highest BCUT2D eigenvalue weighted by Gasteiger charge is 1.78. The Hall–Kier alpha value is -0.500. The van der Waals surface area contributed by atoms with Crippen molar-refractivity contribution in [2.45, 2.75) is 27.7 Å². The summed E-state index contributed by atoms with van der Waals surface area (Å²) in [6.45, 7) is 8.96. The molecule has 0 spiro atoms. The number of hydrazine groups is 1. The zero-order valence-corrected chi connectivity index (χ0v) is 6.86. The Kier molecular flexibility index (Phi) is 19.7. The Morgan fingerprint density at radius 1 is 1.11 bits per heavy atom. The molecule has 1 aliphatic heterocycles. The lowest BCUT2D eigenvalue weighted by molar-refractivity contribution is 0.727. The molecular weight excluding hydrogens is 112 g/mol. The van der Waals surface area contributed by atoms with Crippen LogP contribution in [-0.2, 0) is 0 Å². The van der Waals surface area contributed by atoms with E-state index in [0.717, 1.165) is 6.54 Å². The second-order valence-electron chi connectivity index (χ2n) is 0.928. The fraction of sp³-hybridized carbons (Fsp3) is 0.714. The quantitative estimate of drug-likeness (QED) is 0.521. The van der Waals surface area contributed by atoms with Crippen LogP contribution < -0.4 is 10.9 Å². The Balaban J connectivity index is 0. The molecular formula is C7H18N2. The molecule has 9 heavy (non-hydrogen) atoms. The zero-order valence-electron chi connectivity index (χ0n) is 6.86. The number of nitrogens with one attached hydrogen (secondary N) is 2. The van der Waals surface area contributed by atoms with Gasteiger partial charge in [-0.15, -0.1) is 0 Å². The Bertz CT molecular complexity index is 44.9. The molecule has 1 aliphatic rings. The first-order chi connectivity index (χ1) is 4.50. The summed E-state index contributed by atoms with van der Waals surface area (Å²) in [4.78, 5) is 0. The molecule has 1 heterocycles. The van der Waals surface area contributed by atoms with Gasteiger partial charge in [0, 0.05) is 12.7 Å². The Labute approximate surface area is 58.3 Å². The van der Waals surface area contributed by atoms with Gasteiger partial charge in [-0.05, 0) is 0 Å². The Morgan fingerprint density at radius 2 is 1.67 bits per heavy atom. The van der Waals surface area contributed by atoms with Crippen molar-refractivity contribution >= 4 is 0 Å². The van der Waals surface area contributed by atoms with Crippen LogP contribution in [0.4, 0.5) is 0 Å². The van der Waals surface area contributed by atoms with E-state index in [4.69, 9.17) is 0 Å². The first-order valence-corrected chi connectivity index (χ1v) is 3.63. The van der Waals surface area contributed by atoms with Crippen LogP contribution in [0.5, 0.6) is 0 Å². The van der Waals surface area contributed by atoms with Crippen molar-refractivity contribution in [2.75, 3.05) is 6.54 Å². The highest BCUT2D eigenvalue weighted by molar-refractivity contribution is 4.85. The molecule has 2 N–H and O–H groups in total. The van der Waals surface area contributed by atoms with Crippen LogP contribution in [0.2, 0.25) is 0 Å². The van der Waals surface area contributed by atoms with Crippen LogP contribution in [0.3, 0.4) is 0 Å². The van der Waals surface area contributed by atoms with Gasteiger partial charge < -0.3 is 5.43 Å². The number of hydrogen-bond donors (Lipinski definition) is 2. The average Bonchev–Trinajstić information content (AvgIpc) is 2.51. The van der Waals surface area contributed by atoms with Crippen LogP contribution in [0.25, 0.3) is 0 Å². The minimum Gasteiger partial charge on any atom is -0.329 e. The first kappa shape index (κ1) is 11.3. The first-order valence-electron chi connectivity index (χ1n) is 3.63. The predicted molar refractivity (Wildman–Crippen MR) is 43.0 cm³/mol. The fourth-order valence-corrected chi connectivity index (χ4v) is 0.295.